The summed E-state index contributed by atoms with van der Waals surface area (Å²) in [4.78, 5) is 12.6. The molecule has 0 aliphatic carbocycles. The molecule has 0 unspecified atom stereocenters. The van der Waals surface area contributed by atoms with Gasteiger partial charge in [-0.15, -0.1) is 0 Å². The number of benzene rings is 3. The van der Waals surface area contributed by atoms with E-state index in [0.29, 0.717) is 11.1 Å². The van der Waals surface area contributed by atoms with Gasteiger partial charge in [-0.3, -0.25) is 4.79 Å². The fourth-order valence-electron chi connectivity index (χ4n) is 2.32. The highest BCUT2D eigenvalue weighted by Gasteiger charge is 2.12. The summed E-state index contributed by atoms with van der Waals surface area (Å²) < 4.78 is 1.90. The first-order valence-electron chi connectivity index (χ1n) is 6.93. The van der Waals surface area contributed by atoms with Crippen LogP contribution in [0.3, 0.4) is 0 Å². The fraction of sp³-hybridized carbons (Fsp3) is 0. The van der Waals surface area contributed by atoms with E-state index in [1.165, 1.54) is 6.07 Å². The highest BCUT2D eigenvalue weighted by atomic mass is 79.9. The van der Waals surface area contributed by atoms with E-state index in [4.69, 9.17) is 0 Å². The smallest absolute Gasteiger partial charge is 0.193 e. The molecule has 23 heavy (non-hydrogen) atoms. The van der Waals surface area contributed by atoms with Crippen molar-refractivity contribution in [3.05, 3.63) is 86.8 Å². The minimum Gasteiger partial charge on any atom is -0.508 e. The van der Waals surface area contributed by atoms with E-state index in [9.17, 15) is 9.90 Å². The van der Waals surface area contributed by atoms with Gasteiger partial charge in [0.15, 0.2) is 5.78 Å². The third kappa shape index (κ3) is 3.71. The lowest BCUT2D eigenvalue weighted by Crippen LogP contribution is -2.01. The second kappa shape index (κ2) is 6.69. The fourth-order valence-corrected chi connectivity index (χ4v) is 2.85. The molecule has 0 amide bonds. The van der Waals surface area contributed by atoms with E-state index in [1.54, 1.807) is 24.3 Å². The molecule has 0 spiro atoms. The predicted octanol–water partition coefficient (Wildman–Crippen LogP) is 5.82. The van der Waals surface area contributed by atoms with E-state index < -0.39 is 0 Å². The van der Waals surface area contributed by atoms with Crippen LogP contribution < -0.4 is 0 Å². The van der Waals surface area contributed by atoms with E-state index >= 15 is 0 Å². The lowest BCUT2D eigenvalue weighted by Gasteiger charge is -2.07. The Morgan fingerprint density at radius 2 is 1.26 bits per heavy atom. The molecule has 3 rings (SSSR count). The molecule has 0 heterocycles. The number of hydrogen-bond acceptors (Lipinski definition) is 2. The van der Waals surface area contributed by atoms with Crippen LogP contribution in [0.1, 0.15) is 15.9 Å². The maximum Gasteiger partial charge on any atom is 0.193 e. The van der Waals surface area contributed by atoms with E-state index in [0.717, 1.165) is 20.1 Å². The van der Waals surface area contributed by atoms with Gasteiger partial charge >= 0.3 is 0 Å². The van der Waals surface area contributed by atoms with Crippen LogP contribution in [0, 0.1) is 0 Å². The van der Waals surface area contributed by atoms with Gasteiger partial charge in [-0.25, -0.2) is 0 Å². The largest absolute Gasteiger partial charge is 0.508 e. The summed E-state index contributed by atoms with van der Waals surface area (Å²) >= 11 is 6.75. The van der Waals surface area contributed by atoms with Crippen LogP contribution in [0.5, 0.6) is 5.75 Å². The van der Waals surface area contributed by atoms with Crippen molar-refractivity contribution < 1.29 is 9.90 Å². The van der Waals surface area contributed by atoms with Gasteiger partial charge in [-0.2, -0.15) is 0 Å². The van der Waals surface area contributed by atoms with Crippen LogP contribution >= 0.6 is 31.9 Å². The Bertz CT molecular complexity index is 854. The number of phenols is 1. The van der Waals surface area contributed by atoms with Crippen molar-refractivity contribution in [2.24, 2.45) is 0 Å². The van der Waals surface area contributed by atoms with Gasteiger partial charge in [0.2, 0.25) is 0 Å². The molecule has 0 aliphatic rings. The zero-order valence-corrected chi connectivity index (χ0v) is 15.1. The number of rotatable bonds is 3. The second-order valence-electron chi connectivity index (χ2n) is 5.11. The molecule has 114 valence electrons. The van der Waals surface area contributed by atoms with Crippen molar-refractivity contribution >= 4 is 37.6 Å². The number of hydrogen-bond donors (Lipinski definition) is 1. The number of carbonyl (C=O) groups excluding carboxylic acids is 1. The van der Waals surface area contributed by atoms with Gasteiger partial charge < -0.3 is 5.11 Å². The standard InChI is InChI=1S/C19H12Br2O2/c20-16-5-1-12(2-6-16)14-9-15(11-18(22)10-14)19(23)13-3-7-17(21)8-4-13/h1-11,22H. The maximum absolute atomic E-state index is 12.6. The average Bonchev–Trinajstić information content (AvgIpc) is 2.55. The molecule has 0 saturated carbocycles. The van der Waals surface area contributed by atoms with Crippen molar-refractivity contribution in [1.82, 2.24) is 0 Å². The van der Waals surface area contributed by atoms with Gasteiger partial charge in [-0.05, 0) is 65.7 Å². The normalized spacial score (nSPS) is 10.5. The number of halogens is 2. The molecule has 0 atom stereocenters. The van der Waals surface area contributed by atoms with Crippen molar-refractivity contribution in [3.8, 4) is 16.9 Å². The molecule has 0 radical (unpaired) electrons. The summed E-state index contributed by atoms with van der Waals surface area (Å²) in [5.74, 6) is -0.0438. The molecule has 0 aliphatic heterocycles. The molecule has 0 saturated heterocycles. The van der Waals surface area contributed by atoms with Gasteiger partial charge in [0.25, 0.3) is 0 Å². The maximum atomic E-state index is 12.6. The molecule has 0 bridgehead atoms. The summed E-state index contributed by atoms with van der Waals surface area (Å²) in [5.41, 5.74) is 2.79. The molecule has 3 aromatic carbocycles. The summed E-state index contributed by atoms with van der Waals surface area (Å²) in [6, 6.07) is 19.8. The van der Waals surface area contributed by atoms with E-state index in [2.05, 4.69) is 31.9 Å². The molecule has 1 N–H and O–H groups in total. The molecule has 4 heteroatoms. The van der Waals surface area contributed by atoms with E-state index in [-0.39, 0.29) is 11.5 Å². The Morgan fingerprint density at radius 3 is 1.87 bits per heavy atom. The quantitative estimate of drug-likeness (QED) is 0.531. The van der Waals surface area contributed by atoms with Crippen molar-refractivity contribution in [2.75, 3.05) is 0 Å². The summed E-state index contributed by atoms with van der Waals surface area (Å²) in [6.07, 6.45) is 0. The third-order valence-corrected chi connectivity index (χ3v) is 4.52. The first kappa shape index (κ1) is 16.0. The van der Waals surface area contributed by atoms with E-state index in [1.807, 2.05) is 36.4 Å². The Labute approximate surface area is 151 Å². The van der Waals surface area contributed by atoms with Crippen molar-refractivity contribution in [1.29, 1.82) is 0 Å². The van der Waals surface area contributed by atoms with Crippen LogP contribution in [0.2, 0.25) is 0 Å². The topological polar surface area (TPSA) is 37.3 Å². The lowest BCUT2D eigenvalue weighted by atomic mass is 9.98. The number of carbonyl (C=O) groups is 1. The highest BCUT2D eigenvalue weighted by molar-refractivity contribution is 9.10. The third-order valence-electron chi connectivity index (χ3n) is 3.46. The molecular weight excluding hydrogens is 420 g/mol. The molecule has 2 nitrogen and oxygen atoms in total. The van der Waals surface area contributed by atoms with Gasteiger partial charge in [0, 0.05) is 20.1 Å². The van der Waals surface area contributed by atoms with Crippen LogP contribution in [0.15, 0.2) is 75.7 Å². The van der Waals surface area contributed by atoms with Gasteiger partial charge in [0.05, 0.1) is 0 Å². The minimum absolute atomic E-state index is 0.0749. The van der Waals surface area contributed by atoms with Crippen molar-refractivity contribution in [3.63, 3.8) is 0 Å². The SMILES string of the molecule is O=C(c1ccc(Br)cc1)c1cc(O)cc(-c2ccc(Br)cc2)c1. The first-order valence-corrected chi connectivity index (χ1v) is 8.52. The van der Waals surface area contributed by atoms with Crippen LogP contribution in [-0.2, 0) is 0 Å². The lowest BCUT2D eigenvalue weighted by molar-refractivity contribution is 0.103. The Hall–Kier alpha value is -1.91. The zero-order chi connectivity index (χ0) is 16.4. The van der Waals surface area contributed by atoms with Crippen molar-refractivity contribution in [2.45, 2.75) is 0 Å². The van der Waals surface area contributed by atoms with Crippen LogP contribution in [-0.4, -0.2) is 10.9 Å². The van der Waals surface area contributed by atoms with Gasteiger partial charge in [-0.1, -0.05) is 44.0 Å². The molecule has 3 aromatic rings. The minimum atomic E-state index is -0.119. The molecule has 0 aromatic heterocycles. The number of ketones is 1. The van der Waals surface area contributed by atoms with Crippen LogP contribution in [0.25, 0.3) is 11.1 Å². The monoisotopic (exact) mass is 430 g/mol. The summed E-state index contributed by atoms with van der Waals surface area (Å²) in [6.45, 7) is 0. The Morgan fingerprint density at radius 1 is 0.696 bits per heavy atom. The van der Waals surface area contributed by atoms with Gasteiger partial charge in [0.1, 0.15) is 5.75 Å². The second-order valence-corrected chi connectivity index (χ2v) is 6.94. The molecule has 0 fully saturated rings. The highest BCUT2D eigenvalue weighted by Crippen LogP contribution is 2.28. The summed E-state index contributed by atoms with van der Waals surface area (Å²) in [7, 11) is 0. The average molecular weight is 432 g/mol. The predicted molar refractivity (Wildman–Crippen MR) is 98.8 cm³/mol. The number of phenolic OH excluding ortho intramolecular Hbond substituents is 1. The zero-order valence-electron chi connectivity index (χ0n) is 12.0. The Kier molecular flexibility index (Phi) is 4.64. The number of aromatic hydroxyl groups is 1. The Balaban J connectivity index is 2.01. The van der Waals surface area contributed by atoms with Crippen LogP contribution in [0.4, 0.5) is 0 Å². The first-order chi connectivity index (χ1) is 11.0. The summed E-state index contributed by atoms with van der Waals surface area (Å²) in [5, 5.41) is 9.98. The molecular formula is C19H12Br2O2.